The smallest absolute Gasteiger partial charge is 0.213 e. The molecule has 0 saturated heterocycles. The molecule has 0 fully saturated rings. The number of hydrogen-bond acceptors (Lipinski definition) is 1. The van der Waals surface area contributed by atoms with Gasteiger partial charge in [-0.2, -0.15) is 17.6 Å². The molecular formula is C7H2F6IN. The molecule has 1 rings (SSSR count). The Morgan fingerprint density at radius 3 is 2.20 bits per heavy atom. The lowest BCUT2D eigenvalue weighted by atomic mass is 10.1. The van der Waals surface area contributed by atoms with E-state index in [2.05, 4.69) is 4.98 Å². The minimum atomic E-state index is -5.02. The molecule has 0 saturated carbocycles. The van der Waals surface area contributed by atoms with Crippen LogP contribution in [0, 0.1) is 9.65 Å². The van der Waals surface area contributed by atoms with E-state index in [0.717, 1.165) is 0 Å². The summed E-state index contributed by atoms with van der Waals surface area (Å²) in [7, 11) is 0. The first-order valence-corrected chi connectivity index (χ1v) is 4.52. The Labute approximate surface area is 93.6 Å². The molecule has 0 aromatic carbocycles. The third-order valence-corrected chi connectivity index (χ3v) is 2.06. The fraction of sp³-hybridized carbons (Fsp3) is 0.286. The number of nitrogens with zero attached hydrogens (tertiary/aromatic N) is 1. The third kappa shape index (κ3) is 2.73. The fourth-order valence-corrected chi connectivity index (χ4v) is 1.46. The lowest BCUT2D eigenvalue weighted by molar-refractivity contribution is -0.140. The summed E-state index contributed by atoms with van der Waals surface area (Å²) in [5, 5.41) is 0. The molecule has 0 aliphatic heterocycles. The van der Waals surface area contributed by atoms with Gasteiger partial charge in [0.1, 0.15) is 3.70 Å². The Hall–Kier alpha value is -0.540. The van der Waals surface area contributed by atoms with Gasteiger partial charge in [0.25, 0.3) is 6.43 Å². The van der Waals surface area contributed by atoms with Crippen molar-refractivity contribution >= 4 is 22.6 Å². The van der Waals surface area contributed by atoms with E-state index >= 15 is 0 Å². The molecule has 0 aliphatic carbocycles. The van der Waals surface area contributed by atoms with Gasteiger partial charge in [-0.05, 0) is 28.7 Å². The zero-order chi connectivity index (χ0) is 11.8. The lowest BCUT2D eigenvalue weighted by Gasteiger charge is -2.12. The van der Waals surface area contributed by atoms with Crippen LogP contribution in [-0.2, 0) is 6.18 Å². The Morgan fingerprint density at radius 2 is 1.80 bits per heavy atom. The molecule has 1 aromatic rings. The molecular weight excluding hydrogens is 339 g/mol. The van der Waals surface area contributed by atoms with Gasteiger partial charge >= 0.3 is 6.18 Å². The zero-order valence-corrected chi connectivity index (χ0v) is 8.91. The van der Waals surface area contributed by atoms with Crippen molar-refractivity contribution in [3.8, 4) is 0 Å². The highest BCUT2D eigenvalue weighted by Crippen LogP contribution is 2.37. The van der Waals surface area contributed by atoms with Crippen LogP contribution in [0.25, 0.3) is 0 Å². The summed E-state index contributed by atoms with van der Waals surface area (Å²) in [4.78, 5) is 2.91. The highest BCUT2D eigenvalue weighted by Gasteiger charge is 2.38. The van der Waals surface area contributed by atoms with Gasteiger partial charge in [-0.15, -0.1) is 0 Å². The molecule has 0 unspecified atom stereocenters. The van der Waals surface area contributed by atoms with Crippen molar-refractivity contribution in [2.75, 3.05) is 0 Å². The molecule has 8 heteroatoms. The average Bonchev–Trinajstić information content (AvgIpc) is 1.99. The Kier molecular flexibility index (Phi) is 3.46. The highest BCUT2D eigenvalue weighted by molar-refractivity contribution is 14.1. The number of pyridine rings is 1. The highest BCUT2D eigenvalue weighted by atomic mass is 127. The first kappa shape index (κ1) is 12.5. The predicted octanol–water partition coefficient (Wildman–Crippen LogP) is 3.78. The maximum Gasteiger partial charge on any atom is 0.417 e. The SMILES string of the molecule is Fc1nc(I)cc(C(F)(F)F)c1C(F)F. The number of alkyl halides is 5. The first-order valence-electron chi connectivity index (χ1n) is 3.44. The van der Waals surface area contributed by atoms with E-state index in [0.29, 0.717) is 6.07 Å². The largest absolute Gasteiger partial charge is 0.417 e. The summed E-state index contributed by atoms with van der Waals surface area (Å²) in [6, 6.07) is 0.380. The van der Waals surface area contributed by atoms with Crippen LogP contribution < -0.4 is 0 Å². The summed E-state index contributed by atoms with van der Waals surface area (Å²) >= 11 is 1.32. The predicted molar refractivity (Wildman–Crippen MR) is 46.9 cm³/mol. The molecule has 0 amide bonds. The molecule has 0 atom stereocenters. The normalized spacial score (nSPS) is 12.3. The van der Waals surface area contributed by atoms with Crippen molar-refractivity contribution < 1.29 is 26.3 Å². The monoisotopic (exact) mass is 341 g/mol. The first-order chi connectivity index (χ1) is 6.73. The third-order valence-electron chi connectivity index (χ3n) is 1.50. The number of aromatic nitrogens is 1. The Balaban J connectivity index is 3.47. The van der Waals surface area contributed by atoms with Crippen molar-refractivity contribution in [3.63, 3.8) is 0 Å². The maximum absolute atomic E-state index is 12.8. The summed E-state index contributed by atoms with van der Waals surface area (Å²) in [5.74, 6) is -1.79. The topological polar surface area (TPSA) is 12.9 Å². The van der Waals surface area contributed by atoms with Crippen LogP contribution in [0.4, 0.5) is 26.3 Å². The average molecular weight is 341 g/mol. The molecule has 1 heterocycles. The van der Waals surface area contributed by atoms with Crippen LogP contribution in [0.1, 0.15) is 17.6 Å². The second-order valence-electron chi connectivity index (χ2n) is 2.50. The standard InChI is InChI=1S/C7H2F6IN/c8-5(9)4-2(7(11,12)13)1-3(14)15-6(4)10/h1,5H. The van der Waals surface area contributed by atoms with Crippen molar-refractivity contribution in [3.05, 3.63) is 26.8 Å². The summed E-state index contributed by atoms with van der Waals surface area (Å²) < 4.78 is 73.5. The van der Waals surface area contributed by atoms with Crippen LogP contribution in [0.5, 0.6) is 0 Å². The lowest BCUT2D eigenvalue weighted by Crippen LogP contribution is -2.13. The Morgan fingerprint density at radius 1 is 1.27 bits per heavy atom. The Bertz CT molecular complexity index is 374. The van der Waals surface area contributed by atoms with Gasteiger partial charge in [0, 0.05) is 0 Å². The van der Waals surface area contributed by atoms with Crippen LogP contribution in [-0.4, -0.2) is 4.98 Å². The zero-order valence-electron chi connectivity index (χ0n) is 6.75. The van der Waals surface area contributed by atoms with Crippen LogP contribution in [0.2, 0.25) is 0 Å². The molecule has 0 radical (unpaired) electrons. The molecule has 1 aromatic heterocycles. The van der Waals surface area contributed by atoms with Crippen molar-refractivity contribution in [1.29, 1.82) is 0 Å². The van der Waals surface area contributed by atoms with E-state index in [1.807, 2.05) is 0 Å². The van der Waals surface area contributed by atoms with Crippen molar-refractivity contribution in [2.24, 2.45) is 0 Å². The molecule has 1 nitrogen and oxygen atoms in total. The second kappa shape index (κ2) is 4.14. The second-order valence-corrected chi connectivity index (χ2v) is 3.60. The minimum Gasteiger partial charge on any atom is -0.213 e. The van der Waals surface area contributed by atoms with E-state index in [-0.39, 0.29) is 3.70 Å². The van der Waals surface area contributed by atoms with E-state index < -0.39 is 29.7 Å². The quantitative estimate of drug-likeness (QED) is 0.430. The van der Waals surface area contributed by atoms with E-state index in [1.54, 1.807) is 0 Å². The number of hydrogen-bond donors (Lipinski definition) is 0. The van der Waals surface area contributed by atoms with Gasteiger partial charge < -0.3 is 0 Å². The summed E-state index contributed by atoms with van der Waals surface area (Å²) in [6.45, 7) is 0. The van der Waals surface area contributed by atoms with Gasteiger partial charge in [0.2, 0.25) is 5.95 Å². The summed E-state index contributed by atoms with van der Waals surface area (Å²) in [6.07, 6.45) is -8.57. The van der Waals surface area contributed by atoms with E-state index in [1.165, 1.54) is 22.6 Å². The van der Waals surface area contributed by atoms with Crippen LogP contribution in [0.3, 0.4) is 0 Å². The van der Waals surface area contributed by atoms with Gasteiger partial charge in [0.05, 0.1) is 11.1 Å². The van der Waals surface area contributed by atoms with Crippen LogP contribution >= 0.6 is 22.6 Å². The summed E-state index contributed by atoms with van der Waals surface area (Å²) in [5.41, 5.74) is -3.39. The van der Waals surface area contributed by atoms with E-state index in [4.69, 9.17) is 0 Å². The molecule has 0 N–H and O–H groups in total. The minimum absolute atomic E-state index is 0.332. The van der Waals surface area contributed by atoms with Gasteiger partial charge in [-0.1, -0.05) is 0 Å². The number of halogens is 7. The molecule has 0 bridgehead atoms. The maximum atomic E-state index is 12.8. The van der Waals surface area contributed by atoms with Crippen LogP contribution in [0.15, 0.2) is 6.07 Å². The van der Waals surface area contributed by atoms with Gasteiger partial charge in [-0.25, -0.2) is 13.8 Å². The van der Waals surface area contributed by atoms with Gasteiger partial charge in [0.15, 0.2) is 0 Å². The van der Waals surface area contributed by atoms with Gasteiger partial charge in [-0.3, -0.25) is 0 Å². The van der Waals surface area contributed by atoms with Crippen molar-refractivity contribution in [1.82, 2.24) is 4.98 Å². The molecule has 0 spiro atoms. The molecule has 84 valence electrons. The van der Waals surface area contributed by atoms with E-state index in [9.17, 15) is 26.3 Å². The fourth-order valence-electron chi connectivity index (χ4n) is 0.936. The van der Waals surface area contributed by atoms with Crippen molar-refractivity contribution in [2.45, 2.75) is 12.6 Å². The molecule has 15 heavy (non-hydrogen) atoms. The molecule has 0 aliphatic rings. The number of rotatable bonds is 1.